The molecule has 3 unspecified atom stereocenters. The molecule has 1 aromatic rings. The van der Waals surface area contributed by atoms with Crippen LogP contribution >= 0.6 is 0 Å². The van der Waals surface area contributed by atoms with Gasteiger partial charge in [0.1, 0.15) is 18.0 Å². The summed E-state index contributed by atoms with van der Waals surface area (Å²) in [5.74, 6) is 2.32. The van der Waals surface area contributed by atoms with Gasteiger partial charge in [-0.25, -0.2) is 4.98 Å². The molecule has 6 nitrogen and oxygen atoms in total. The van der Waals surface area contributed by atoms with Gasteiger partial charge < -0.3 is 20.3 Å². The summed E-state index contributed by atoms with van der Waals surface area (Å²) in [6.07, 6.45) is 6.79. The molecule has 3 N–H and O–H groups in total. The second-order valence-electron chi connectivity index (χ2n) is 9.89. The van der Waals surface area contributed by atoms with E-state index in [2.05, 4.69) is 15.3 Å². The molecule has 6 atom stereocenters. The van der Waals surface area contributed by atoms with Gasteiger partial charge in [-0.1, -0.05) is 44.9 Å². The Labute approximate surface area is 187 Å². The number of aliphatic hydroxyl groups excluding tert-OH is 2. The van der Waals surface area contributed by atoms with Crippen LogP contribution in [-0.2, 0) is 10.9 Å². The molecule has 1 aliphatic heterocycles. The standard InChI is InChI=1S/C23H34F3N3O3/c24-23(25,26)19-11-27-12-20(29-19)28-17-13-32-18(22(31)21(17)30)9-8-16-7-6-15(10-16)5-4-14-2-1-3-14/h11-12,14-18,21-22,30-31H,1-10,13H2,(H,28,29)/t15?,16?,17-,18?,21+,22-/m0/s1. The lowest BCUT2D eigenvalue weighted by atomic mass is 9.80. The number of nitrogens with zero attached hydrogens (tertiary/aromatic N) is 2. The number of anilines is 1. The Morgan fingerprint density at radius 1 is 0.938 bits per heavy atom. The molecule has 1 saturated heterocycles. The molecule has 0 aromatic carbocycles. The number of ether oxygens (including phenoxy) is 1. The molecule has 2 aliphatic carbocycles. The predicted octanol–water partition coefficient (Wildman–Crippen LogP) is 4.17. The first-order valence-corrected chi connectivity index (χ1v) is 11.9. The third-order valence-corrected chi connectivity index (χ3v) is 7.61. The fourth-order valence-electron chi connectivity index (χ4n) is 5.38. The first kappa shape index (κ1) is 23.7. The second kappa shape index (κ2) is 10.2. The minimum atomic E-state index is -4.60. The second-order valence-corrected chi connectivity index (χ2v) is 9.89. The molecule has 0 bridgehead atoms. The Hall–Kier alpha value is -1.45. The zero-order valence-electron chi connectivity index (χ0n) is 18.3. The van der Waals surface area contributed by atoms with Gasteiger partial charge >= 0.3 is 6.18 Å². The summed E-state index contributed by atoms with van der Waals surface area (Å²) in [6, 6.07) is -0.763. The Morgan fingerprint density at radius 2 is 1.62 bits per heavy atom. The number of rotatable bonds is 8. The lowest BCUT2D eigenvalue weighted by Gasteiger charge is -2.38. The van der Waals surface area contributed by atoms with Crippen molar-refractivity contribution >= 4 is 5.82 Å². The number of alkyl halides is 3. The van der Waals surface area contributed by atoms with E-state index in [1.54, 1.807) is 0 Å². The SMILES string of the molecule is O[C@@H]1[C@@H](Nc2cncc(C(F)(F)F)n2)COC(CCC2CCC(CCC3CCC3)C2)[C@@H]1O. The number of hydrogen-bond donors (Lipinski definition) is 3. The van der Waals surface area contributed by atoms with E-state index in [9.17, 15) is 23.4 Å². The molecular formula is C23H34F3N3O3. The average Bonchev–Trinajstić information content (AvgIpc) is 3.17. The van der Waals surface area contributed by atoms with Crippen LogP contribution in [-0.4, -0.2) is 51.1 Å². The summed E-state index contributed by atoms with van der Waals surface area (Å²) in [6.45, 7) is 0.0789. The number of aliphatic hydroxyl groups is 2. The van der Waals surface area contributed by atoms with Crippen LogP contribution in [0.5, 0.6) is 0 Å². The van der Waals surface area contributed by atoms with Gasteiger partial charge in [-0.3, -0.25) is 4.98 Å². The highest BCUT2D eigenvalue weighted by Gasteiger charge is 2.39. The van der Waals surface area contributed by atoms with Gasteiger partial charge in [0, 0.05) is 0 Å². The number of aromatic nitrogens is 2. The van der Waals surface area contributed by atoms with Crippen LogP contribution in [0.2, 0.25) is 0 Å². The van der Waals surface area contributed by atoms with Crippen LogP contribution in [0.4, 0.5) is 19.0 Å². The highest BCUT2D eigenvalue weighted by Crippen LogP contribution is 2.40. The van der Waals surface area contributed by atoms with Gasteiger partial charge in [-0.15, -0.1) is 0 Å². The molecule has 4 rings (SSSR count). The summed E-state index contributed by atoms with van der Waals surface area (Å²) in [5, 5.41) is 23.8. The molecule has 3 aliphatic rings. The fourth-order valence-corrected chi connectivity index (χ4v) is 5.38. The van der Waals surface area contributed by atoms with Gasteiger partial charge in [0.2, 0.25) is 0 Å². The summed E-state index contributed by atoms with van der Waals surface area (Å²) in [4.78, 5) is 7.06. The summed E-state index contributed by atoms with van der Waals surface area (Å²) < 4.78 is 44.3. The monoisotopic (exact) mass is 457 g/mol. The normalized spacial score (nSPS) is 33.8. The number of nitrogens with one attached hydrogen (secondary N) is 1. The summed E-state index contributed by atoms with van der Waals surface area (Å²) in [7, 11) is 0. The third kappa shape index (κ3) is 5.91. The van der Waals surface area contributed by atoms with E-state index in [4.69, 9.17) is 4.74 Å². The van der Waals surface area contributed by atoms with Crippen molar-refractivity contribution in [3.05, 3.63) is 18.1 Å². The molecule has 9 heteroatoms. The van der Waals surface area contributed by atoms with E-state index in [0.717, 1.165) is 24.5 Å². The Morgan fingerprint density at radius 3 is 2.28 bits per heavy atom. The molecule has 0 radical (unpaired) electrons. The lowest BCUT2D eigenvalue weighted by Crippen LogP contribution is -2.55. The van der Waals surface area contributed by atoms with Crippen molar-refractivity contribution in [3.8, 4) is 0 Å². The van der Waals surface area contributed by atoms with Gasteiger partial charge in [0.05, 0.1) is 31.1 Å². The third-order valence-electron chi connectivity index (χ3n) is 7.61. The van der Waals surface area contributed by atoms with Crippen molar-refractivity contribution in [1.82, 2.24) is 9.97 Å². The van der Waals surface area contributed by atoms with Crippen molar-refractivity contribution in [2.75, 3.05) is 11.9 Å². The Bertz CT molecular complexity index is 747. The van der Waals surface area contributed by atoms with Gasteiger partial charge in [0.25, 0.3) is 0 Å². The smallest absolute Gasteiger partial charge is 0.388 e. The number of hydrogen-bond acceptors (Lipinski definition) is 6. The summed E-state index contributed by atoms with van der Waals surface area (Å²) >= 11 is 0. The maximum Gasteiger partial charge on any atom is 0.434 e. The van der Waals surface area contributed by atoms with Gasteiger partial charge in [-0.2, -0.15) is 13.2 Å². The molecule has 3 fully saturated rings. The first-order valence-electron chi connectivity index (χ1n) is 11.9. The van der Waals surface area contributed by atoms with E-state index in [1.807, 2.05) is 0 Å². The van der Waals surface area contributed by atoms with E-state index in [0.29, 0.717) is 18.5 Å². The van der Waals surface area contributed by atoms with Crippen LogP contribution in [0.25, 0.3) is 0 Å². The van der Waals surface area contributed by atoms with Crippen molar-refractivity contribution in [1.29, 1.82) is 0 Å². The largest absolute Gasteiger partial charge is 0.434 e. The van der Waals surface area contributed by atoms with E-state index in [-0.39, 0.29) is 12.4 Å². The Kier molecular flexibility index (Phi) is 7.57. The molecule has 0 spiro atoms. The molecule has 32 heavy (non-hydrogen) atoms. The fraction of sp³-hybridized carbons (Fsp3) is 0.826. The first-order chi connectivity index (χ1) is 15.3. The minimum Gasteiger partial charge on any atom is -0.388 e. The maximum absolute atomic E-state index is 12.8. The van der Waals surface area contributed by atoms with Crippen LogP contribution in [0.3, 0.4) is 0 Å². The van der Waals surface area contributed by atoms with Crippen molar-refractivity contribution in [2.24, 2.45) is 17.8 Å². The molecule has 1 aromatic heterocycles. The van der Waals surface area contributed by atoms with Crippen molar-refractivity contribution < 1.29 is 28.1 Å². The highest BCUT2D eigenvalue weighted by molar-refractivity contribution is 5.34. The van der Waals surface area contributed by atoms with E-state index in [1.165, 1.54) is 51.4 Å². The molecule has 2 heterocycles. The average molecular weight is 458 g/mol. The van der Waals surface area contributed by atoms with Gasteiger partial charge in [-0.05, 0) is 37.0 Å². The van der Waals surface area contributed by atoms with Crippen molar-refractivity contribution in [3.63, 3.8) is 0 Å². The highest BCUT2D eigenvalue weighted by atomic mass is 19.4. The molecular weight excluding hydrogens is 423 g/mol. The van der Waals surface area contributed by atoms with Crippen LogP contribution in [0, 0.1) is 17.8 Å². The minimum absolute atomic E-state index is 0.0789. The summed E-state index contributed by atoms with van der Waals surface area (Å²) in [5.41, 5.74) is -1.12. The van der Waals surface area contributed by atoms with Gasteiger partial charge in [0.15, 0.2) is 5.69 Å². The van der Waals surface area contributed by atoms with E-state index >= 15 is 0 Å². The molecule has 180 valence electrons. The van der Waals surface area contributed by atoms with Crippen molar-refractivity contribution in [2.45, 2.75) is 94.7 Å². The predicted molar refractivity (Wildman–Crippen MR) is 113 cm³/mol. The zero-order valence-corrected chi connectivity index (χ0v) is 18.3. The number of halogens is 3. The van der Waals surface area contributed by atoms with Crippen LogP contribution in [0.1, 0.15) is 69.9 Å². The maximum atomic E-state index is 12.8. The quantitative estimate of drug-likeness (QED) is 0.543. The zero-order chi connectivity index (χ0) is 22.7. The van der Waals surface area contributed by atoms with Crippen LogP contribution in [0.15, 0.2) is 12.4 Å². The van der Waals surface area contributed by atoms with Crippen LogP contribution < -0.4 is 5.32 Å². The molecule has 0 amide bonds. The Balaban J connectivity index is 1.21. The van der Waals surface area contributed by atoms with E-state index < -0.39 is 36.2 Å². The molecule has 2 saturated carbocycles. The topological polar surface area (TPSA) is 87.5 Å². The lowest BCUT2D eigenvalue weighted by molar-refractivity contribution is -0.143.